The maximum Gasteiger partial charge on any atom is 0.422 e. The van der Waals surface area contributed by atoms with E-state index in [1.165, 1.54) is 12.1 Å². The molecular weight excluding hydrogens is 340 g/mol. The number of aliphatic carboxylic acids is 1. The Morgan fingerprint density at radius 3 is 2.31 bits per heavy atom. The molecule has 0 aromatic heterocycles. The zero-order valence-electron chi connectivity index (χ0n) is 15.5. The summed E-state index contributed by atoms with van der Waals surface area (Å²) in [6, 6.07) is 7.75. The van der Waals surface area contributed by atoms with Crippen molar-refractivity contribution in [3.8, 4) is 0 Å². The highest BCUT2D eigenvalue weighted by molar-refractivity contribution is 5.75. The predicted octanol–water partition coefficient (Wildman–Crippen LogP) is 1.000. The van der Waals surface area contributed by atoms with Gasteiger partial charge in [0.15, 0.2) is 0 Å². The van der Waals surface area contributed by atoms with Crippen LogP contribution in [0.1, 0.15) is 39.2 Å². The molecule has 0 fully saturated rings. The Morgan fingerprint density at radius 1 is 1.19 bits per heavy atom. The summed E-state index contributed by atoms with van der Waals surface area (Å²) in [5.74, 6) is -1.96. The Hall–Kier alpha value is -2.61. The van der Waals surface area contributed by atoms with Crippen LogP contribution in [0.25, 0.3) is 0 Å². The van der Waals surface area contributed by atoms with Gasteiger partial charge in [-0.1, -0.05) is 30.3 Å². The molecule has 0 saturated carbocycles. The monoisotopic (exact) mass is 365 g/mol. The molecule has 0 spiro atoms. The molecule has 0 aliphatic carbocycles. The molecule has 144 valence electrons. The predicted molar refractivity (Wildman–Crippen MR) is 91.4 cm³/mol. The van der Waals surface area contributed by atoms with Crippen molar-refractivity contribution in [3.05, 3.63) is 35.9 Å². The molecule has 1 atom stereocenters. The van der Waals surface area contributed by atoms with E-state index in [0.29, 0.717) is 0 Å². The summed E-state index contributed by atoms with van der Waals surface area (Å²) in [7, 11) is 1.22. The minimum Gasteiger partial charge on any atom is -0.548 e. The van der Waals surface area contributed by atoms with E-state index in [2.05, 4.69) is 10.2 Å². The first-order valence-corrected chi connectivity index (χ1v) is 8.20. The zero-order chi connectivity index (χ0) is 19.7. The molecule has 1 amide bonds. The fourth-order valence-electron chi connectivity index (χ4n) is 2.18. The number of carboxylic acids is 1. The van der Waals surface area contributed by atoms with Crippen molar-refractivity contribution in [1.29, 1.82) is 0 Å². The fourth-order valence-corrected chi connectivity index (χ4v) is 2.18. The van der Waals surface area contributed by atoms with Gasteiger partial charge in [-0.25, -0.2) is 9.80 Å². The lowest BCUT2D eigenvalue weighted by Crippen LogP contribution is -2.55. The van der Waals surface area contributed by atoms with Crippen molar-refractivity contribution in [1.82, 2.24) is 10.4 Å². The van der Waals surface area contributed by atoms with Gasteiger partial charge in [-0.2, -0.15) is 0 Å². The number of nitrogens with zero attached hydrogens (tertiary/aromatic N) is 1. The minimum atomic E-state index is -1.42. The van der Waals surface area contributed by atoms with Crippen LogP contribution in [0.4, 0.5) is 4.79 Å². The molecule has 26 heavy (non-hydrogen) atoms. The molecule has 0 radical (unpaired) electrons. The number of carbonyl (C=O) groups excluding carboxylic acids is 3. The van der Waals surface area contributed by atoms with Gasteiger partial charge in [0.2, 0.25) is 0 Å². The summed E-state index contributed by atoms with van der Waals surface area (Å²) in [4.78, 5) is 35.1. The summed E-state index contributed by atoms with van der Waals surface area (Å²) < 4.78 is 9.73. The number of carbonyl (C=O) groups is 3. The molecule has 0 heterocycles. The number of benzene rings is 1. The zero-order valence-corrected chi connectivity index (χ0v) is 15.5. The van der Waals surface area contributed by atoms with E-state index in [1.54, 1.807) is 45.0 Å². The number of rotatable bonds is 8. The second-order valence-electron chi connectivity index (χ2n) is 6.68. The van der Waals surface area contributed by atoms with E-state index in [-0.39, 0.29) is 19.4 Å². The second kappa shape index (κ2) is 9.76. The van der Waals surface area contributed by atoms with Gasteiger partial charge in [-0.3, -0.25) is 10.2 Å². The summed E-state index contributed by atoms with van der Waals surface area (Å²) in [6.07, 6.45) is -1.01. The Bertz CT molecular complexity index is 612. The van der Waals surface area contributed by atoms with E-state index in [0.717, 1.165) is 5.56 Å². The minimum absolute atomic E-state index is 0.0857. The van der Waals surface area contributed by atoms with Crippen molar-refractivity contribution in [2.75, 3.05) is 7.11 Å². The Kier molecular flexibility index (Phi) is 8.05. The Balaban J connectivity index is 2.96. The summed E-state index contributed by atoms with van der Waals surface area (Å²) in [5.41, 5.74) is 2.47. The summed E-state index contributed by atoms with van der Waals surface area (Å²) in [6.45, 7) is 5.19. The molecule has 0 aliphatic rings. The first kappa shape index (κ1) is 21.4. The third-order valence-corrected chi connectivity index (χ3v) is 3.33. The standard InChI is InChI=1S/C18H26N2O6/c1-18(2,3)26-17(24)19-20(12-13-8-6-5-7-9-13)14(16(22)23)10-11-15(21)25-4/h5-9,14H,10-12H2,1-4H3,(H,19,24)(H,22,23)/p-1/t14-/m0/s1. The maximum absolute atomic E-state index is 12.1. The van der Waals surface area contributed by atoms with Crippen LogP contribution >= 0.6 is 0 Å². The van der Waals surface area contributed by atoms with Crippen LogP contribution in [0.15, 0.2) is 30.3 Å². The van der Waals surface area contributed by atoms with Gasteiger partial charge in [0.1, 0.15) is 5.60 Å². The number of hydrogen-bond acceptors (Lipinski definition) is 7. The first-order chi connectivity index (χ1) is 12.1. The highest BCUT2D eigenvalue weighted by atomic mass is 16.6. The number of carboxylic acid groups (broad SMARTS) is 1. The molecule has 0 unspecified atom stereocenters. The van der Waals surface area contributed by atoms with Gasteiger partial charge in [0.25, 0.3) is 0 Å². The van der Waals surface area contributed by atoms with Crippen molar-refractivity contribution >= 4 is 18.0 Å². The number of nitrogens with one attached hydrogen (secondary N) is 1. The Morgan fingerprint density at radius 2 is 1.81 bits per heavy atom. The molecule has 0 saturated heterocycles. The Labute approximate surface area is 153 Å². The molecule has 0 bridgehead atoms. The molecule has 8 heteroatoms. The van der Waals surface area contributed by atoms with Crippen molar-refractivity contribution in [3.63, 3.8) is 0 Å². The second-order valence-corrected chi connectivity index (χ2v) is 6.68. The lowest BCUT2D eigenvalue weighted by Gasteiger charge is -2.33. The van der Waals surface area contributed by atoms with Crippen LogP contribution in [0, 0.1) is 0 Å². The lowest BCUT2D eigenvalue weighted by atomic mass is 10.1. The molecule has 8 nitrogen and oxygen atoms in total. The topological polar surface area (TPSA) is 108 Å². The number of esters is 1. The molecular formula is C18H25N2O6-. The first-order valence-electron chi connectivity index (χ1n) is 8.20. The van der Waals surface area contributed by atoms with Crippen LogP contribution in [-0.4, -0.2) is 41.8 Å². The highest BCUT2D eigenvalue weighted by Crippen LogP contribution is 2.13. The van der Waals surface area contributed by atoms with Gasteiger partial charge in [0, 0.05) is 13.0 Å². The van der Waals surface area contributed by atoms with Gasteiger partial charge in [-0.15, -0.1) is 0 Å². The van der Waals surface area contributed by atoms with Crippen molar-refractivity contribution in [2.45, 2.75) is 51.8 Å². The highest BCUT2D eigenvalue weighted by Gasteiger charge is 2.25. The molecule has 0 aliphatic heterocycles. The number of hydrogen-bond donors (Lipinski definition) is 1. The van der Waals surface area contributed by atoms with Gasteiger partial charge < -0.3 is 19.4 Å². The van der Waals surface area contributed by atoms with E-state index < -0.39 is 29.7 Å². The van der Waals surface area contributed by atoms with Crippen LogP contribution < -0.4 is 10.5 Å². The SMILES string of the molecule is COC(=O)CC[C@@H](C(=O)[O-])N(Cc1ccccc1)NC(=O)OC(C)(C)C. The quantitative estimate of drug-likeness (QED) is 0.541. The van der Waals surface area contributed by atoms with Crippen molar-refractivity contribution in [2.24, 2.45) is 0 Å². The lowest BCUT2D eigenvalue weighted by molar-refractivity contribution is -0.312. The largest absolute Gasteiger partial charge is 0.548 e. The van der Waals surface area contributed by atoms with Crippen molar-refractivity contribution < 1.29 is 29.0 Å². The summed E-state index contributed by atoms with van der Waals surface area (Å²) >= 11 is 0. The smallest absolute Gasteiger partial charge is 0.422 e. The average molecular weight is 365 g/mol. The van der Waals surface area contributed by atoms with Gasteiger partial charge in [0.05, 0.1) is 19.1 Å². The fraction of sp³-hybridized carbons (Fsp3) is 0.500. The number of amides is 1. The average Bonchev–Trinajstić information content (AvgIpc) is 2.53. The van der Waals surface area contributed by atoms with Crippen LogP contribution in [0.5, 0.6) is 0 Å². The maximum atomic E-state index is 12.1. The van der Waals surface area contributed by atoms with Crippen LogP contribution in [-0.2, 0) is 25.6 Å². The van der Waals surface area contributed by atoms with E-state index in [4.69, 9.17) is 4.74 Å². The number of hydrazine groups is 1. The third-order valence-electron chi connectivity index (χ3n) is 3.33. The normalized spacial score (nSPS) is 12.3. The summed E-state index contributed by atoms with van der Waals surface area (Å²) in [5, 5.41) is 12.8. The van der Waals surface area contributed by atoms with Crippen LogP contribution in [0.2, 0.25) is 0 Å². The third kappa shape index (κ3) is 7.98. The molecule has 1 aromatic rings. The van der Waals surface area contributed by atoms with Gasteiger partial charge in [-0.05, 0) is 32.8 Å². The van der Waals surface area contributed by atoms with E-state index >= 15 is 0 Å². The molecule has 1 aromatic carbocycles. The number of methoxy groups -OCH3 is 1. The van der Waals surface area contributed by atoms with E-state index in [9.17, 15) is 19.5 Å². The number of ether oxygens (including phenoxy) is 2. The molecule has 1 rings (SSSR count). The van der Waals surface area contributed by atoms with Gasteiger partial charge >= 0.3 is 12.1 Å². The van der Waals surface area contributed by atoms with E-state index in [1.807, 2.05) is 6.07 Å². The molecule has 1 N–H and O–H groups in total. The van der Waals surface area contributed by atoms with Crippen LogP contribution in [0.3, 0.4) is 0 Å².